The van der Waals surface area contributed by atoms with Gasteiger partial charge in [-0.3, -0.25) is 10.1 Å². The zero-order valence-corrected chi connectivity index (χ0v) is 11.2. The number of hydrogen-bond acceptors (Lipinski definition) is 4. The maximum absolute atomic E-state index is 10.6. The minimum Gasteiger partial charge on any atom is -0.437 e. The van der Waals surface area contributed by atoms with E-state index in [2.05, 4.69) is 20.9 Å². The van der Waals surface area contributed by atoms with Crippen LogP contribution < -0.4 is 4.74 Å². The van der Waals surface area contributed by atoms with Crippen molar-refractivity contribution in [1.29, 1.82) is 0 Å². The average Bonchev–Trinajstić information content (AvgIpc) is 2.34. The molecule has 0 aliphatic rings. The highest BCUT2D eigenvalue weighted by molar-refractivity contribution is 9.10. The van der Waals surface area contributed by atoms with Crippen LogP contribution in [0, 0.1) is 10.1 Å². The Kier molecular flexibility index (Phi) is 3.78. The Balaban J connectivity index is 2.30. The van der Waals surface area contributed by atoms with Crippen LogP contribution in [0.3, 0.4) is 0 Å². The van der Waals surface area contributed by atoms with Crippen LogP contribution >= 0.6 is 27.5 Å². The van der Waals surface area contributed by atoms with E-state index >= 15 is 0 Å². The second kappa shape index (κ2) is 5.32. The molecule has 0 bridgehead atoms. The lowest BCUT2D eigenvalue weighted by atomic mass is 10.3. The molecule has 0 amide bonds. The number of benzene rings is 1. The fraction of sp³-hybridized carbons (Fsp3) is 0. The number of hydrogen-bond donors (Lipinski definition) is 0. The van der Waals surface area contributed by atoms with E-state index in [1.165, 1.54) is 18.2 Å². The van der Waals surface area contributed by atoms with Crippen molar-refractivity contribution in [1.82, 2.24) is 4.98 Å². The number of nitro groups is 1. The van der Waals surface area contributed by atoms with Gasteiger partial charge in [-0.05, 0) is 28.1 Å². The standard InChI is InChI=1S/C11H6BrClN2O3/c12-7-1-4-11(14-6-7)18-10-5-8(15(16)17)2-3-9(10)13/h1-6H. The average molecular weight is 330 g/mol. The lowest BCUT2D eigenvalue weighted by Gasteiger charge is -2.06. The Morgan fingerprint density at radius 2 is 2.11 bits per heavy atom. The minimum absolute atomic E-state index is 0.0912. The number of pyridine rings is 1. The Morgan fingerprint density at radius 1 is 1.33 bits per heavy atom. The minimum atomic E-state index is -0.516. The lowest BCUT2D eigenvalue weighted by molar-refractivity contribution is -0.384. The molecule has 0 unspecified atom stereocenters. The molecule has 1 aromatic carbocycles. The molecule has 7 heteroatoms. The lowest BCUT2D eigenvalue weighted by Crippen LogP contribution is -1.91. The van der Waals surface area contributed by atoms with Gasteiger partial charge in [0.15, 0.2) is 5.75 Å². The molecule has 0 saturated carbocycles. The Hall–Kier alpha value is -1.66. The number of halogens is 2. The second-order valence-electron chi connectivity index (χ2n) is 3.29. The topological polar surface area (TPSA) is 65.3 Å². The van der Waals surface area contributed by atoms with Gasteiger partial charge in [-0.15, -0.1) is 0 Å². The third kappa shape index (κ3) is 2.96. The van der Waals surface area contributed by atoms with Gasteiger partial charge >= 0.3 is 0 Å². The van der Waals surface area contributed by atoms with Crippen molar-refractivity contribution in [2.24, 2.45) is 0 Å². The summed E-state index contributed by atoms with van der Waals surface area (Å²) in [5, 5.41) is 10.9. The predicted octanol–water partition coefficient (Wildman–Crippen LogP) is 4.20. The zero-order chi connectivity index (χ0) is 13.1. The van der Waals surface area contributed by atoms with Crippen molar-refractivity contribution in [2.45, 2.75) is 0 Å². The van der Waals surface area contributed by atoms with Crippen LogP contribution in [0.1, 0.15) is 0 Å². The monoisotopic (exact) mass is 328 g/mol. The summed E-state index contributed by atoms with van der Waals surface area (Å²) in [6.07, 6.45) is 1.56. The number of ether oxygens (including phenoxy) is 1. The molecule has 0 fully saturated rings. The first kappa shape index (κ1) is 12.8. The highest BCUT2D eigenvalue weighted by Gasteiger charge is 2.11. The summed E-state index contributed by atoms with van der Waals surface area (Å²) in [5.41, 5.74) is -0.0912. The van der Waals surface area contributed by atoms with E-state index in [9.17, 15) is 10.1 Å². The molecule has 0 atom stereocenters. The van der Waals surface area contributed by atoms with Gasteiger partial charge in [0.1, 0.15) is 0 Å². The Labute approximate surface area is 116 Å². The van der Waals surface area contributed by atoms with E-state index < -0.39 is 4.92 Å². The third-order valence-corrected chi connectivity index (χ3v) is 2.82. The molecule has 0 aliphatic carbocycles. The van der Waals surface area contributed by atoms with Crippen molar-refractivity contribution in [3.8, 4) is 11.6 Å². The van der Waals surface area contributed by atoms with Gasteiger partial charge in [0.25, 0.3) is 5.69 Å². The first-order valence-corrected chi connectivity index (χ1v) is 5.97. The highest BCUT2D eigenvalue weighted by atomic mass is 79.9. The summed E-state index contributed by atoms with van der Waals surface area (Å²) in [6.45, 7) is 0. The maximum Gasteiger partial charge on any atom is 0.273 e. The molecule has 2 rings (SSSR count). The predicted molar refractivity (Wildman–Crippen MR) is 70.1 cm³/mol. The highest BCUT2D eigenvalue weighted by Crippen LogP contribution is 2.32. The molecule has 1 aromatic heterocycles. The molecule has 2 aromatic rings. The molecular formula is C11H6BrClN2O3. The molecule has 0 N–H and O–H groups in total. The van der Waals surface area contributed by atoms with Gasteiger partial charge in [0.2, 0.25) is 5.88 Å². The number of rotatable bonds is 3. The quantitative estimate of drug-likeness (QED) is 0.625. The van der Waals surface area contributed by atoms with Crippen molar-refractivity contribution in [3.63, 3.8) is 0 Å². The SMILES string of the molecule is O=[N+]([O-])c1ccc(Cl)c(Oc2ccc(Br)cn2)c1. The van der Waals surface area contributed by atoms with Gasteiger partial charge in [0, 0.05) is 22.8 Å². The van der Waals surface area contributed by atoms with Crippen molar-refractivity contribution in [3.05, 3.63) is 56.1 Å². The molecule has 92 valence electrons. The molecule has 0 radical (unpaired) electrons. The van der Waals surface area contributed by atoms with Crippen LogP contribution in [0.25, 0.3) is 0 Å². The van der Waals surface area contributed by atoms with E-state index in [1.807, 2.05) is 0 Å². The third-order valence-electron chi connectivity index (χ3n) is 2.04. The van der Waals surface area contributed by atoms with E-state index in [1.54, 1.807) is 18.3 Å². The largest absolute Gasteiger partial charge is 0.437 e. The fourth-order valence-corrected chi connectivity index (χ4v) is 1.61. The van der Waals surface area contributed by atoms with E-state index in [0.29, 0.717) is 5.88 Å². The summed E-state index contributed by atoms with van der Waals surface area (Å²) in [7, 11) is 0. The van der Waals surface area contributed by atoms with E-state index in [4.69, 9.17) is 16.3 Å². The van der Waals surface area contributed by atoms with Gasteiger partial charge in [0.05, 0.1) is 16.0 Å². The smallest absolute Gasteiger partial charge is 0.273 e. The van der Waals surface area contributed by atoms with Crippen LogP contribution in [0.4, 0.5) is 5.69 Å². The number of aromatic nitrogens is 1. The van der Waals surface area contributed by atoms with E-state index in [-0.39, 0.29) is 16.5 Å². The second-order valence-corrected chi connectivity index (χ2v) is 4.61. The maximum atomic E-state index is 10.6. The molecule has 5 nitrogen and oxygen atoms in total. The molecule has 1 heterocycles. The Morgan fingerprint density at radius 3 is 2.72 bits per heavy atom. The molecule has 0 spiro atoms. The van der Waals surface area contributed by atoms with Gasteiger partial charge in [-0.1, -0.05) is 11.6 Å². The molecular weight excluding hydrogens is 323 g/mol. The van der Waals surface area contributed by atoms with Crippen LogP contribution in [-0.2, 0) is 0 Å². The molecule has 18 heavy (non-hydrogen) atoms. The summed E-state index contributed by atoms with van der Waals surface area (Å²) in [4.78, 5) is 14.1. The number of nitro benzene ring substituents is 1. The van der Waals surface area contributed by atoms with Crippen LogP contribution in [-0.4, -0.2) is 9.91 Å². The van der Waals surface area contributed by atoms with Crippen LogP contribution in [0.5, 0.6) is 11.6 Å². The zero-order valence-electron chi connectivity index (χ0n) is 8.84. The normalized spacial score (nSPS) is 10.1. The summed E-state index contributed by atoms with van der Waals surface area (Å²) in [5.74, 6) is 0.501. The molecule has 0 saturated heterocycles. The van der Waals surface area contributed by atoms with Gasteiger partial charge < -0.3 is 4.74 Å². The number of non-ortho nitro benzene ring substituents is 1. The first-order chi connectivity index (χ1) is 8.56. The van der Waals surface area contributed by atoms with Crippen molar-refractivity contribution in [2.75, 3.05) is 0 Å². The van der Waals surface area contributed by atoms with Crippen LogP contribution in [0.15, 0.2) is 41.0 Å². The van der Waals surface area contributed by atoms with Crippen molar-refractivity contribution < 1.29 is 9.66 Å². The van der Waals surface area contributed by atoms with Gasteiger partial charge in [-0.2, -0.15) is 0 Å². The van der Waals surface area contributed by atoms with Crippen LogP contribution in [0.2, 0.25) is 5.02 Å². The Bertz CT molecular complexity index is 589. The first-order valence-electron chi connectivity index (χ1n) is 4.79. The summed E-state index contributed by atoms with van der Waals surface area (Å²) in [6, 6.07) is 7.34. The number of nitrogens with zero attached hydrogens (tertiary/aromatic N) is 2. The van der Waals surface area contributed by atoms with E-state index in [0.717, 1.165) is 4.47 Å². The van der Waals surface area contributed by atoms with Gasteiger partial charge in [-0.25, -0.2) is 4.98 Å². The summed E-state index contributed by atoms with van der Waals surface area (Å²) < 4.78 is 6.19. The molecule has 0 aliphatic heterocycles. The van der Waals surface area contributed by atoms with Crippen molar-refractivity contribution >= 4 is 33.2 Å². The fourth-order valence-electron chi connectivity index (χ4n) is 1.22. The summed E-state index contributed by atoms with van der Waals surface area (Å²) >= 11 is 9.14.